The van der Waals surface area contributed by atoms with Gasteiger partial charge < -0.3 is 9.47 Å². The zero-order valence-electron chi connectivity index (χ0n) is 13.7. The molecule has 0 radical (unpaired) electrons. The Morgan fingerprint density at radius 1 is 0.958 bits per heavy atom. The molecule has 3 aromatic rings. The molecule has 0 bridgehead atoms. The van der Waals surface area contributed by atoms with Crippen LogP contribution in [0.5, 0.6) is 11.5 Å². The zero-order valence-corrected chi connectivity index (χ0v) is 13.7. The van der Waals surface area contributed by atoms with E-state index in [9.17, 15) is 4.79 Å². The molecule has 122 valence electrons. The lowest BCUT2D eigenvalue weighted by atomic mass is 10.2. The van der Waals surface area contributed by atoms with E-state index in [0.29, 0.717) is 11.4 Å². The third kappa shape index (κ3) is 3.12. The highest BCUT2D eigenvalue weighted by molar-refractivity contribution is 5.90. The van der Waals surface area contributed by atoms with Crippen LogP contribution in [0.3, 0.4) is 0 Å². The molecule has 1 aromatic heterocycles. The Bertz CT molecular complexity index is 852. The number of nitrogens with zero attached hydrogens (tertiary/aromatic N) is 3. The maximum atomic E-state index is 12.3. The van der Waals surface area contributed by atoms with Gasteiger partial charge in [0.15, 0.2) is 5.69 Å². The summed E-state index contributed by atoms with van der Waals surface area (Å²) in [5, 5.41) is 8.00. The van der Waals surface area contributed by atoms with Crippen molar-refractivity contribution in [1.82, 2.24) is 15.0 Å². The van der Waals surface area contributed by atoms with Gasteiger partial charge >= 0.3 is 5.97 Å². The first kappa shape index (κ1) is 15.7. The van der Waals surface area contributed by atoms with Crippen LogP contribution in [0.25, 0.3) is 5.69 Å². The first-order chi connectivity index (χ1) is 11.6. The summed E-state index contributed by atoms with van der Waals surface area (Å²) >= 11 is 0. The quantitative estimate of drug-likeness (QED) is 0.545. The fourth-order valence-electron chi connectivity index (χ4n) is 2.25. The minimum absolute atomic E-state index is 0.186. The number of esters is 1. The van der Waals surface area contributed by atoms with Gasteiger partial charge in [0.05, 0.1) is 18.5 Å². The number of hydrogen-bond acceptors (Lipinski definition) is 5. The third-order valence-electron chi connectivity index (χ3n) is 3.64. The fraction of sp³-hybridized carbons (Fsp3) is 0.167. The van der Waals surface area contributed by atoms with Crippen LogP contribution in [0.2, 0.25) is 0 Å². The number of ether oxygens (including phenoxy) is 2. The van der Waals surface area contributed by atoms with Crippen LogP contribution in [0.4, 0.5) is 0 Å². The lowest BCUT2D eigenvalue weighted by Crippen LogP contribution is -2.11. The average molecular weight is 323 g/mol. The van der Waals surface area contributed by atoms with Crippen molar-refractivity contribution in [3.05, 3.63) is 65.5 Å². The van der Waals surface area contributed by atoms with E-state index in [-0.39, 0.29) is 5.69 Å². The minimum Gasteiger partial charge on any atom is -0.497 e. The van der Waals surface area contributed by atoms with E-state index < -0.39 is 5.97 Å². The molecule has 0 aliphatic carbocycles. The van der Waals surface area contributed by atoms with E-state index in [4.69, 9.17) is 9.47 Å². The van der Waals surface area contributed by atoms with E-state index in [1.165, 1.54) is 0 Å². The Balaban J connectivity index is 1.83. The van der Waals surface area contributed by atoms with E-state index in [0.717, 1.165) is 17.0 Å². The molecule has 0 fully saturated rings. The lowest BCUT2D eigenvalue weighted by molar-refractivity contribution is 0.0727. The molecular formula is C18H17N3O3. The van der Waals surface area contributed by atoms with Gasteiger partial charge in [-0.05, 0) is 50.2 Å². The summed E-state index contributed by atoms with van der Waals surface area (Å²) in [6, 6.07) is 14.6. The van der Waals surface area contributed by atoms with Crippen molar-refractivity contribution in [2.45, 2.75) is 13.8 Å². The van der Waals surface area contributed by atoms with Gasteiger partial charge in [0, 0.05) is 0 Å². The summed E-state index contributed by atoms with van der Waals surface area (Å²) < 4.78 is 12.1. The highest BCUT2D eigenvalue weighted by atomic mass is 16.5. The Morgan fingerprint density at radius 3 is 2.21 bits per heavy atom. The van der Waals surface area contributed by atoms with Crippen LogP contribution in [-0.4, -0.2) is 28.1 Å². The Kier molecular flexibility index (Phi) is 4.29. The van der Waals surface area contributed by atoms with Crippen molar-refractivity contribution in [3.8, 4) is 17.2 Å². The van der Waals surface area contributed by atoms with Crippen LogP contribution in [0.15, 0.2) is 48.5 Å². The minimum atomic E-state index is -0.531. The summed E-state index contributed by atoms with van der Waals surface area (Å²) in [4.78, 5) is 12.3. The first-order valence-corrected chi connectivity index (χ1v) is 7.44. The van der Waals surface area contributed by atoms with Gasteiger partial charge in [-0.25, -0.2) is 9.48 Å². The van der Waals surface area contributed by atoms with Gasteiger partial charge in [0.25, 0.3) is 0 Å². The van der Waals surface area contributed by atoms with Gasteiger partial charge in [-0.15, -0.1) is 5.10 Å². The molecule has 6 heteroatoms. The molecule has 3 rings (SSSR count). The molecule has 0 unspecified atom stereocenters. The molecule has 0 amide bonds. The average Bonchev–Trinajstić information content (AvgIpc) is 2.98. The number of aromatic nitrogens is 3. The Morgan fingerprint density at radius 2 is 1.58 bits per heavy atom. The molecule has 0 aliphatic rings. The van der Waals surface area contributed by atoms with Crippen LogP contribution < -0.4 is 9.47 Å². The van der Waals surface area contributed by atoms with E-state index in [1.807, 2.05) is 43.3 Å². The van der Waals surface area contributed by atoms with Crippen LogP contribution in [0.1, 0.15) is 21.7 Å². The number of carbonyl (C=O) groups is 1. The van der Waals surface area contributed by atoms with Crippen molar-refractivity contribution in [1.29, 1.82) is 0 Å². The monoisotopic (exact) mass is 323 g/mol. The molecule has 0 saturated carbocycles. The summed E-state index contributed by atoms with van der Waals surface area (Å²) in [5.74, 6) is 0.690. The maximum Gasteiger partial charge on any atom is 0.366 e. The normalized spacial score (nSPS) is 10.5. The zero-order chi connectivity index (χ0) is 17.1. The molecular weight excluding hydrogens is 306 g/mol. The van der Waals surface area contributed by atoms with E-state index >= 15 is 0 Å². The summed E-state index contributed by atoms with van der Waals surface area (Å²) in [6.45, 7) is 3.74. The molecule has 0 atom stereocenters. The van der Waals surface area contributed by atoms with Crippen molar-refractivity contribution in [2.24, 2.45) is 0 Å². The summed E-state index contributed by atoms with van der Waals surface area (Å²) in [5.41, 5.74) is 2.68. The smallest absolute Gasteiger partial charge is 0.366 e. The molecule has 0 spiro atoms. The molecule has 2 aromatic carbocycles. The SMILES string of the molecule is COc1ccc(-n2nnc(C(=O)Oc3ccc(C)cc3)c2C)cc1. The number of methoxy groups -OCH3 is 1. The molecule has 0 saturated heterocycles. The number of hydrogen-bond donors (Lipinski definition) is 0. The molecule has 24 heavy (non-hydrogen) atoms. The molecule has 0 N–H and O–H groups in total. The summed E-state index contributed by atoms with van der Waals surface area (Å²) in [6.07, 6.45) is 0. The van der Waals surface area contributed by atoms with Crippen molar-refractivity contribution in [2.75, 3.05) is 7.11 Å². The van der Waals surface area contributed by atoms with Gasteiger partial charge in [-0.1, -0.05) is 22.9 Å². The van der Waals surface area contributed by atoms with Gasteiger partial charge in [-0.2, -0.15) is 0 Å². The Hall–Kier alpha value is -3.15. The van der Waals surface area contributed by atoms with Crippen molar-refractivity contribution < 1.29 is 14.3 Å². The second-order valence-corrected chi connectivity index (χ2v) is 5.34. The standard InChI is InChI=1S/C18H17N3O3/c1-12-4-8-16(9-5-12)24-18(22)17-13(2)21(20-19-17)14-6-10-15(23-3)11-7-14/h4-11H,1-3H3. The highest BCUT2D eigenvalue weighted by Crippen LogP contribution is 2.18. The molecule has 0 aliphatic heterocycles. The van der Waals surface area contributed by atoms with E-state index in [2.05, 4.69) is 10.3 Å². The van der Waals surface area contributed by atoms with E-state index in [1.54, 1.807) is 30.8 Å². The number of aryl methyl sites for hydroxylation is 1. The maximum absolute atomic E-state index is 12.3. The van der Waals surface area contributed by atoms with Gasteiger partial charge in [-0.3, -0.25) is 0 Å². The largest absolute Gasteiger partial charge is 0.497 e. The second-order valence-electron chi connectivity index (χ2n) is 5.34. The van der Waals surface area contributed by atoms with Crippen LogP contribution >= 0.6 is 0 Å². The van der Waals surface area contributed by atoms with Crippen LogP contribution in [-0.2, 0) is 0 Å². The van der Waals surface area contributed by atoms with Gasteiger partial charge in [0.1, 0.15) is 11.5 Å². The van der Waals surface area contributed by atoms with Crippen LogP contribution in [0, 0.1) is 13.8 Å². The topological polar surface area (TPSA) is 66.2 Å². The lowest BCUT2D eigenvalue weighted by Gasteiger charge is -2.06. The Labute approximate surface area is 139 Å². The van der Waals surface area contributed by atoms with Gasteiger partial charge in [0.2, 0.25) is 0 Å². The third-order valence-corrected chi connectivity index (χ3v) is 3.64. The predicted molar refractivity (Wildman–Crippen MR) is 88.8 cm³/mol. The predicted octanol–water partition coefficient (Wildman–Crippen LogP) is 3.11. The number of benzene rings is 2. The second kappa shape index (κ2) is 6.54. The molecule has 1 heterocycles. The van der Waals surface area contributed by atoms with Crippen molar-refractivity contribution in [3.63, 3.8) is 0 Å². The summed E-state index contributed by atoms with van der Waals surface area (Å²) in [7, 11) is 1.61. The number of carbonyl (C=O) groups excluding carboxylic acids is 1. The first-order valence-electron chi connectivity index (χ1n) is 7.44. The van der Waals surface area contributed by atoms with Crippen molar-refractivity contribution >= 4 is 5.97 Å². The highest BCUT2D eigenvalue weighted by Gasteiger charge is 2.19. The fourth-order valence-corrected chi connectivity index (χ4v) is 2.25. The number of rotatable bonds is 4. The molecule has 6 nitrogen and oxygen atoms in total.